The molecule has 0 radical (unpaired) electrons. The Balaban J connectivity index is 1.92. The Bertz CT molecular complexity index is 1020. The van der Waals surface area contributed by atoms with Gasteiger partial charge in [0.05, 0.1) is 36.6 Å². The van der Waals surface area contributed by atoms with Gasteiger partial charge in [0, 0.05) is 6.20 Å². The Labute approximate surface area is 183 Å². The van der Waals surface area contributed by atoms with Gasteiger partial charge in [-0.3, -0.25) is 0 Å². The van der Waals surface area contributed by atoms with Crippen LogP contribution in [0.4, 0.5) is 4.79 Å². The van der Waals surface area contributed by atoms with Crippen molar-refractivity contribution in [2.75, 3.05) is 20.3 Å². The molecule has 3 rings (SSSR count). The lowest BCUT2D eigenvalue weighted by Gasteiger charge is -2.29. The molecule has 1 unspecified atom stereocenters. The molecule has 1 aromatic heterocycles. The van der Waals surface area contributed by atoms with Crippen molar-refractivity contribution < 1.29 is 28.6 Å². The van der Waals surface area contributed by atoms with Gasteiger partial charge in [-0.05, 0) is 36.8 Å². The average Bonchev–Trinajstić information content (AvgIpc) is 2.77. The molecule has 2 heterocycles. The first-order chi connectivity index (χ1) is 14.9. The molecule has 1 aliphatic rings. The second-order valence-corrected chi connectivity index (χ2v) is 6.75. The largest absolute Gasteiger partial charge is 0.497 e. The number of ether oxygens (including phenoxy) is 3. The summed E-state index contributed by atoms with van der Waals surface area (Å²) in [5.41, 5.74) is 1.07. The van der Waals surface area contributed by atoms with Crippen molar-refractivity contribution in [3.8, 4) is 5.75 Å². The Morgan fingerprint density at radius 1 is 1.13 bits per heavy atom. The van der Waals surface area contributed by atoms with Crippen LogP contribution in [0.15, 0.2) is 53.9 Å². The smallest absolute Gasteiger partial charge is 0.338 e. The Morgan fingerprint density at radius 2 is 1.87 bits per heavy atom. The number of nitrogens with one attached hydrogen (secondary N) is 2. The first-order valence-electron chi connectivity index (χ1n) is 9.33. The highest BCUT2D eigenvalue weighted by Crippen LogP contribution is 2.29. The molecule has 0 spiro atoms. The molecule has 31 heavy (non-hydrogen) atoms. The lowest BCUT2D eigenvalue weighted by atomic mass is 9.95. The Morgan fingerprint density at radius 3 is 2.52 bits per heavy atom. The average molecular weight is 446 g/mol. The topological polar surface area (TPSA) is 116 Å². The van der Waals surface area contributed by atoms with E-state index in [9.17, 15) is 14.4 Å². The number of amides is 2. The molecule has 1 atom stereocenters. The van der Waals surface area contributed by atoms with Crippen molar-refractivity contribution in [1.29, 1.82) is 0 Å². The zero-order valence-corrected chi connectivity index (χ0v) is 17.6. The number of nitrogens with zero attached hydrogens (tertiary/aromatic N) is 1. The molecular weight excluding hydrogens is 426 g/mol. The molecule has 162 valence electrons. The van der Waals surface area contributed by atoms with Crippen LogP contribution in [0.25, 0.3) is 0 Å². The highest BCUT2D eigenvalue weighted by atomic mass is 35.5. The van der Waals surface area contributed by atoms with E-state index in [-0.39, 0.29) is 35.2 Å². The Hall–Kier alpha value is -3.59. The van der Waals surface area contributed by atoms with Crippen LogP contribution < -0.4 is 15.4 Å². The van der Waals surface area contributed by atoms with Gasteiger partial charge in [-0.2, -0.15) is 0 Å². The van der Waals surface area contributed by atoms with E-state index in [0.29, 0.717) is 11.3 Å². The van der Waals surface area contributed by atoms with E-state index in [1.54, 1.807) is 31.2 Å². The second kappa shape index (κ2) is 9.94. The number of pyridine rings is 1. The standard InChI is InChI=1S/C21H20ClN3O6/c1-3-30-20(27)17-15(11-31-19(26)13-8-9-23-16(22)10-13)24-21(28)25-18(17)12-4-6-14(29-2)7-5-12/h4-10,18H,3,11H2,1-2H3,(H2,24,25,28). The predicted octanol–water partition coefficient (Wildman–Crippen LogP) is 2.77. The van der Waals surface area contributed by atoms with E-state index in [1.807, 2.05) is 0 Å². The molecule has 9 nitrogen and oxygen atoms in total. The van der Waals surface area contributed by atoms with Crippen molar-refractivity contribution in [3.05, 3.63) is 70.1 Å². The molecule has 1 aliphatic heterocycles. The van der Waals surface area contributed by atoms with Crippen LogP contribution in [-0.2, 0) is 14.3 Å². The summed E-state index contributed by atoms with van der Waals surface area (Å²) in [4.78, 5) is 41.1. The van der Waals surface area contributed by atoms with Gasteiger partial charge >= 0.3 is 18.0 Å². The molecule has 0 saturated heterocycles. The molecule has 0 aliphatic carbocycles. The number of esters is 2. The van der Waals surface area contributed by atoms with Gasteiger partial charge in [0.25, 0.3) is 0 Å². The van der Waals surface area contributed by atoms with Crippen LogP contribution in [0, 0.1) is 0 Å². The van der Waals surface area contributed by atoms with Crippen LogP contribution in [0.5, 0.6) is 5.75 Å². The quantitative estimate of drug-likeness (QED) is 0.497. The van der Waals surface area contributed by atoms with Crippen LogP contribution >= 0.6 is 11.6 Å². The molecule has 0 saturated carbocycles. The maximum Gasteiger partial charge on any atom is 0.338 e. The third-order valence-corrected chi connectivity index (χ3v) is 4.61. The van der Waals surface area contributed by atoms with Crippen LogP contribution in [0.2, 0.25) is 5.15 Å². The van der Waals surface area contributed by atoms with Crippen molar-refractivity contribution in [3.63, 3.8) is 0 Å². The minimum absolute atomic E-state index is 0.122. The second-order valence-electron chi connectivity index (χ2n) is 6.36. The summed E-state index contributed by atoms with van der Waals surface area (Å²) in [7, 11) is 1.54. The predicted molar refractivity (Wildman–Crippen MR) is 111 cm³/mol. The van der Waals surface area contributed by atoms with Crippen molar-refractivity contribution in [1.82, 2.24) is 15.6 Å². The number of methoxy groups -OCH3 is 1. The summed E-state index contributed by atoms with van der Waals surface area (Å²) in [5.74, 6) is -0.710. The molecule has 2 aromatic rings. The third-order valence-electron chi connectivity index (χ3n) is 4.41. The summed E-state index contributed by atoms with van der Waals surface area (Å²) < 4.78 is 15.6. The first kappa shape index (κ1) is 22.1. The molecule has 1 aromatic carbocycles. The maximum atomic E-state index is 12.7. The van der Waals surface area contributed by atoms with Gasteiger partial charge in [-0.15, -0.1) is 0 Å². The number of carbonyl (C=O) groups excluding carboxylic acids is 3. The first-order valence-corrected chi connectivity index (χ1v) is 9.71. The van der Waals surface area contributed by atoms with E-state index >= 15 is 0 Å². The molecule has 2 amide bonds. The van der Waals surface area contributed by atoms with Crippen molar-refractivity contribution in [2.24, 2.45) is 0 Å². The highest BCUT2D eigenvalue weighted by molar-refractivity contribution is 6.29. The highest BCUT2D eigenvalue weighted by Gasteiger charge is 2.34. The molecule has 2 N–H and O–H groups in total. The molecular formula is C21H20ClN3O6. The van der Waals surface area contributed by atoms with E-state index < -0.39 is 24.0 Å². The van der Waals surface area contributed by atoms with E-state index in [1.165, 1.54) is 25.4 Å². The SMILES string of the molecule is CCOC(=O)C1=C(COC(=O)c2ccnc(Cl)c2)NC(=O)NC1c1ccc(OC)cc1. The zero-order chi connectivity index (χ0) is 22.4. The molecule has 10 heteroatoms. The van der Waals surface area contributed by atoms with E-state index in [0.717, 1.165) is 0 Å². The maximum absolute atomic E-state index is 12.7. The number of urea groups is 1. The normalized spacial score (nSPS) is 15.6. The fourth-order valence-electron chi connectivity index (χ4n) is 2.98. The number of carbonyl (C=O) groups is 3. The monoisotopic (exact) mass is 445 g/mol. The van der Waals surface area contributed by atoms with Gasteiger partial charge in [0.15, 0.2) is 0 Å². The zero-order valence-electron chi connectivity index (χ0n) is 16.8. The summed E-state index contributed by atoms with van der Waals surface area (Å²) in [6, 6.07) is 8.29. The summed E-state index contributed by atoms with van der Waals surface area (Å²) in [6.45, 7) is 1.45. The van der Waals surface area contributed by atoms with Gasteiger partial charge in [0.1, 0.15) is 17.5 Å². The molecule has 0 bridgehead atoms. The third kappa shape index (κ3) is 5.32. The van der Waals surface area contributed by atoms with Crippen LogP contribution in [0.1, 0.15) is 28.9 Å². The summed E-state index contributed by atoms with van der Waals surface area (Å²) >= 11 is 5.80. The van der Waals surface area contributed by atoms with Gasteiger partial charge in [0.2, 0.25) is 0 Å². The van der Waals surface area contributed by atoms with Gasteiger partial charge in [-0.1, -0.05) is 23.7 Å². The van der Waals surface area contributed by atoms with Crippen LogP contribution in [-0.4, -0.2) is 43.3 Å². The fourth-order valence-corrected chi connectivity index (χ4v) is 3.15. The van der Waals surface area contributed by atoms with Gasteiger partial charge in [-0.25, -0.2) is 19.4 Å². The summed E-state index contributed by atoms with van der Waals surface area (Å²) in [6.07, 6.45) is 1.37. The van der Waals surface area contributed by atoms with Crippen molar-refractivity contribution in [2.45, 2.75) is 13.0 Å². The van der Waals surface area contributed by atoms with Crippen LogP contribution in [0.3, 0.4) is 0 Å². The minimum atomic E-state index is -0.803. The number of benzene rings is 1. The number of aromatic nitrogens is 1. The fraction of sp³-hybridized carbons (Fsp3) is 0.238. The van der Waals surface area contributed by atoms with E-state index in [2.05, 4.69) is 15.6 Å². The number of rotatable bonds is 7. The summed E-state index contributed by atoms with van der Waals surface area (Å²) in [5, 5.41) is 5.37. The minimum Gasteiger partial charge on any atom is -0.497 e. The molecule has 0 fully saturated rings. The lowest BCUT2D eigenvalue weighted by molar-refractivity contribution is -0.139. The van der Waals surface area contributed by atoms with Crippen molar-refractivity contribution >= 4 is 29.6 Å². The number of hydrogen-bond acceptors (Lipinski definition) is 7. The lowest BCUT2D eigenvalue weighted by Crippen LogP contribution is -2.47. The van der Waals surface area contributed by atoms with Gasteiger partial charge < -0.3 is 24.8 Å². The number of hydrogen-bond donors (Lipinski definition) is 2. The van der Waals surface area contributed by atoms with E-state index in [4.69, 9.17) is 25.8 Å². The Kier molecular flexibility index (Phi) is 7.09. The number of halogens is 1.